The molecule has 0 aliphatic heterocycles. The van der Waals surface area contributed by atoms with E-state index in [1.807, 2.05) is 20.2 Å². The van der Waals surface area contributed by atoms with Gasteiger partial charge in [0.25, 0.3) is 0 Å². The third-order valence-electron chi connectivity index (χ3n) is 2.55. The molecule has 2 heterocycles. The Morgan fingerprint density at radius 3 is 2.53 bits per heavy atom. The van der Waals surface area contributed by atoms with Gasteiger partial charge in [-0.15, -0.1) is 0 Å². The van der Waals surface area contributed by atoms with Crippen molar-refractivity contribution in [2.45, 2.75) is 6.04 Å². The second-order valence-corrected chi connectivity index (χ2v) is 4.47. The van der Waals surface area contributed by atoms with Gasteiger partial charge in [-0.1, -0.05) is 23.2 Å². The van der Waals surface area contributed by atoms with Gasteiger partial charge in [0.05, 0.1) is 33.7 Å². The highest BCUT2D eigenvalue weighted by atomic mass is 35.5. The molecule has 0 bridgehead atoms. The highest BCUT2D eigenvalue weighted by molar-refractivity contribution is 6.31. The van der Waals surface area contributed by atoms with Crippen molar-refractivity contribution in [2.24, 2.45) is 7.05 Å². The zero-order chi connectivity index (χ0) is 12.4. The van der Waals surface area contributed by atoms with Crippen LogP contribution in [0.25, 0.3) is 0 Å². The Labute approximate surface area is 110 Å². The predicted octanol–water partition coefficient (Wildman–Crippen LogP) is 2.43. The summed E-state index contributed by atoms with van der Waals surface area (Å²) >= 11 is 11.9. The maximum absolute atomic E-state index is 6.12. The third kappa shape index (κ3) is 2.44. The molecule has 2 aromatic heterocycles. The van der Waals surface area contributed by atoms with Crippen molar-refractivity contribution in [1.82, 2.24) is 20.1 Å². The minimum absolute atomic E-state index is 0.104. The molecule has 1 atom stereocenters. The number of hydrogen-bond acceptors (Lipinski definition) is 3. The van der Waals surface area contributed by atoms with Gasteiger partial charge in [-0.3, -0.25) is 9.67 Å². The molecule has 1 unspecified atom stereocenters. The van der Waals surface area contributed by atoms with Crippen LogP contribution in [-0.2, 0) is 7.05 Å². The van der Waals surface area contributed by atoms with Crippen LogP contribution in [-0.4, -0.2) is 21.8 Å². The van der Waals surface area contributed by atoms with Gasteiger partial charge in [0.1, 0.15) is 0 Å². The highest BCUT2D eigenvalue weighted by Crippen LogP contribution is 2.26. The Morgan fingerprint density at radius 2 is 2.06 bits per heavy atom. The van der Waals surface area contributed by atoms with Crippen LogP contribution < -0.4 is 5.32 Å². The van der Waals surface area contributed by atoms with Crippen LogP contribution in [0, 0.1) is 0 Å². The Bertz CT molecular complexity index is 487. The summed E-state index contributed by atoms with van der Waals surface area (Å²) in [6, 6.07) is 3.57. The molecule has 0 radical (unpaired) electrons. The van der Waals surface area contributed by atoms with Crippen LogP contribution in [0.2, 0.25) is 10.0 Å². The molecular weight excluding hydrogens is 259 g/mol. The fourth-order valence-corrected chi connectivity index (χ4v) is 2.11. The number of hydrogen-bond donors (Lipinski definition) is 1. The minimum atomic E-state index is -0.104. The lowest BCUT2D eigenvalue weighted by molar-refractivity contribution is 0.594. The lowest BCUT2D eigenvalue weighted by Gasteiger charge is -2.16. The molecule has 0 aliphatic carbocycles. The van der Waals surface area contributed by atoms with E-state index in [1.165, 1.54) is 0 Å². The van der Waals surface area contributed by atoms with Crippen LogP contribution in [0.5, 0.6) is 0 Å². The zero-order valence-corrected chi connectivity index (χ0v) is 11.0. The second-order valence-electron chi connectivity index (χ2n) is 3.62. The molecule has 2 rings (SSSR count). The van der Waals surface area contributed by atoms with Crippen molar-refractivity contribution in [3.63, 3.8) is 0 Å². The lowest BCUT2D eigenvalue weighted by atomic mass is 10.1. The number of aromatic nitrogens is 3. The minimum Gasteiger partial charge on any atom is -0.307 e. The van der Waals surface area contributed by atoms with Crippen LogP contribution in [0.4, 0.5) is 0 Å². The summed E-state index contributed by atoms with van der Waals surface area (Å²) in [5.41, 5.74) is 1.73. The van der Waals surface area contributed by atoms with Gasteiger partial charge in [0.2, 0.25) is 0 Å². The number of nitrogens with zero attached hydrogens (tertiary/aromatic N) is 3. The molecule has 0 aliphatic rings. The summed E-state index contributed by atoms with van der Waals surface area (Å²) in [6.07, 6.45) is 3.24. The first kappa shape index (κ1) is 12.4. The summed E-state index contributed by atoms with van der Waals surface area (Å²) < 4.78 is 1.74. The molecule has 0 fully saturated rings. The Morgan fingerprint density at radius 1 is 1.29 bits per heavy atom. The molecule has 17 heavy (non-hydrogen) atoms. The molecule has 0 saturated heterocycles. The molecular formula is C11H12Cl2N4. The smallest absolute Gasteiger partial charge is 0.0934 e. The van der Waals surface area contributed by atoms with Gasteiger partial charge in [0.15, 0.2) is 0 Å². The van der Waals surface area contributed by atoms with E-state index in [2.05, 4.69) is 15.4 Å². The van der Waals surface area contributed by atoms with E-state index in [0.717, 1.165) is 11.4 Å². The van der Waals surface area contributed by atoms with Crippen molar-refractivity contribution in [2.75, 3.05) is 7.05 Å². The van der Waals surface area contributed by atoms with Gasteiger partial charge in [-0.2, -0.15) is 5.10 Å². The van der Waals surface area contributed by atoms with E-state index in [-0.39, 0.29) is 6.04 Å². The van der Waals surface area contributed by atoms with Gasteiger partial charge < -0.3 is 5.32 Å². The zero-order valence-electron chi connectivity index (χ0n) is 9.48. The molecule has 0 spiro atoms. The van der Waals surface area contributed by atoms with E-state index in [4.69, 9.17) is 23.2 Å². The molecule has 0 aromatic carbocycles. The van der Waals surface area contributed by atoms with E-state index in [9.17, 15) is 0 Å². The molecule has 0 saturated carbocycles. The average Bonchev–Trinajstić information content (AvgIpc) is 2.64. The van der Waals surface area contributed by atoms with Crippen LogP contribution in [0.15, 0.2) is 24.5 Å². The van der Waals surface area contributed by atoms with Crippen molar-refractivity contribution < 1.29 is 0 Å². The van der Waals surface area contributed by atoms with Gasteiger partial charge in [-0.25, -0.2) is 0 Å². The molecule has 4 nitrogen and oxygen atoms in total. The standard InChI is InChI=1S/C11H12Cl2N4/c1-14-10(9-4-3-7(12)5-15-9)11-8(13)6-16-17(11)2/h3-6,10,14H,1-2H3. The van der Waals surface area contributed by atoms with Crippen LogP contribution in [0.3, 0.4) is 0 Å². The first-order chi connectivity index (χ1) is 8.13. The molecule has 1 N–H and O–H groups in total. The SMILES string of the molecule is CNC(c1ccc(Cl)cn1)c1c(Cl)cnn1C. The summed E-state index contributed by atoms with van der Waals surface area (Å²) in [4.78, 5) is 4.29. The largest absolute Gasteiger partial charge is 0.307 e. The van der Waals surface area contributed by atoms with Gasteiger partial charge in [0, 0.05) is 13.2 Å². The highest BCUT2D eigenvalue weighted by Gasteiger charge is 2.20. The van der Waals surface area contributed by atoms with E-state index < -0.39 is 0 Å². The first-order valence-electron chi connectivity index (χ1n) is 5.09. The van der Waals surface area contributed by atoms with Crippen LogP contribution >= 0.6 is 23.2 Å². The number of rotatable bonds is 3. The van der Waals surface area contributed by atoms with Crippen molar-refractivity contribution in [3.05, 3.63) is 46.0 Å². The molecule has 0 amide bonds. The Balaban J connectivity index is 2.43. The second kappa shape index (κ2) is 5.04. The van der Waals surface area contributed by atoms with Crippen LogP contribution in [0.1, 0.15) is 17.4 Å². The van der Waals surface area contributed by atoms with E-state index in [0.29, 0.717) is 10.0 Å². The van der Waals surface area contributed by atoms with E-state index >= 15 is 0 Å². The summed E-state index contributed by atoms with van der Waals surface area (Å²) in [6.45, 7) is 0. The number of aryl methyl sites for hydroxylation is 1. The summed E-state index contributed by atoms with van der Waals surface area (Å²) in [5, 5.41) is 8.52. The average molecular weight is 271 g/mol. The summed E-state index contributed by atoms with van der Waals surface area (Å²) in [7, 11) is 3.70. The first-order valence-corrected chi connectivity index (χ1v) is 5.85. The molecule has 2 aromatic rings. The number of halogens is 2. The maximum Gasteiger partial charge on any atom is 0.0934 e. The fourth-order valence-electron chi connectivity index (χ4n) is 1.73. The quantitative estimate of drug-likeness (QED) is 0.932. The lowest BCUT2D eigenvalue weighted by Crippen LogP contribution is -2.22. The predicted molar refractivity (Wildman–Crippen MR) is 68.4 cm³/mol. The summed E-state index contributed by atoms with van der Waals surface area (Å²) in [5.74, 6) is 0. The molecule has 90 valence electrons. The van der Waals surface area contributed by atoms with Crippen molar-refractivity contribution >= 4 is 23.2 Å². The van der Waals surface area contributed by atoms with Crippen molar-refractivity contribution in [3.8, 4) is 0 Å². The third-order valence-corrected chi connectivity index (χ3v) is 3.06. The Hall–Kier alpha value is -1.10. The van der Waals surface area contributed by atoms with E-state index in [1.54, 1.807) is 23.1 Å². The Kier molecular flexibility index (Phi) is 3.66. The van der Waals surface area contributed by atoms with Crippen molar-refractivity contribution in [1.29, 1.82) is 0 Å². The topological polar surface area (TPSA) is 42.7 Å². The maximum atomic E-state index is 6.12. The van der Waals surface area contributed by atoms with Gasteiger partial charge in [-0.05, 0) is 19.2 Å². The van der Waals surface area contributed by atoms with Gasteiger partial charge >= 0.3 is 0 Å². The number of pyridine rings is 1. The molecule has 6 heteroatoms. The fraction of sp³-hybridized carbons (Fsp3) is 0.273. The monoisotopic (exact) mass is 270 g/mol. The number of nitrogens with one attached hydrogen (secondary N) is 1. The normalized spacial score (nSPS) is 12.7.